The summed E-state index contributed by atoms with van der Waals surface area (Å²) in [4.78, 5) is 34.0. The second kappa shape index (κ2) is 8.86. The first-order valence-corrected chi connectivity index (χ1v) is 8.45. The molecule has 0 bridgehead atoms. The number of amides is 2. The molecule has 9 heteroatoms. The van der Waals surface area contributed by atoms with E-state index in [1.54, 1.807) is 38.1 Å². The second-order valence-corrected chi connectivity index (χ2v) is 6.35. The number of nitro benzene ring substituents is 1. The molecule has 0 saturated heterocycles. The van der Waals surface area contributed by atoms with E-state index in [0.29, 0.717) is 11.4 Å². The fourth-order valence-electron chi connectivity index (χ4n) is 2.02. The van der Waals surface area contributed by atoms with Crippen LogP contribution in [-0.4, -0.2) is 21.9 Å². The summed E-state index contributed by atoms with van der Waals surface area (Å²) in [6.45, 7) is 3.60. The molecule has 2 aromatic rings. The van der Waals surface area contributed by atoms with Gasteiger partial charge in [0.25, 0.3) is 11.6 Å². The molecule has 27 heavy (non-hydrogen) atoms. The van der Waals surface area contributed by atoms with Gasteiger partial charge >= 0.3 is 0 Å². The maximum Gasteiger partial charge on any atom is 0.270 e. The van der Waals surface area contributed by atoms with Crippen LogP contribution in [0.25, 0.3) is 0 Å². The highest BCUT2D eigenvalue weighted by atomic mass is 32.1. The Morgan fingerprint density at radius 3 is 2.19 bits per heavy atom. The Labute approximate surface area is 161 Å². The fraction of sp³-hybridized carbons (Fsp3) is 0.167. The van der Waals surface area contributed by atoms with E-state index in [1.807, 2.05) is 0 Å². The van der Waals surface area contributed by atoms with Crippen molar-refractivity contribution in [3.63, 3.8) is 0 Å². The molecule has 0 heterocycles. The molecule has 2 aromatic carbocycles. The first-order chi connectivity index (χ1) is 12.8. The number of nitrogens with zero attached hydrogens (tertiary/aromatic N) is 1. The number of benzene rings is 2. The van der Waals surface area contributed by atoms with Gasteiger partial charge < -0.3 is 10.6 Å². The monoisotopic (exact) mass is 386 g/mol. The number of carbonyl (C=O) groups is 2. The van der Waals surface area contributed by atoms with Crippen molar-refractivity contribution in [3.8, 4) is 0 Å². The zero-order valence-electron chi connectivity index (χ0n) is 14.7. The van der Waals surface area contributed by atoms with Gasteiger partial charge in [-0.3, -0.25) is 25.0 Å². The van der Waals surface area contributed by atoms with Crippen LogP contribution in [0.1, 0.15) is 24.2 Å². The normalized spacial score (nSPS) is 10.2. The van der Waals surface area contributed by atoms with Crippen molar-refractivity contribution in [3.05, 3.63) is 64.2 Å². The average molecular weight is 386 g/mol. The summed E-state index contributed by atoms with van der Waals surface area (Å²) in [5.41, 5.74) is 1.20. The third-order valence-electron chi connectivity index (χ3n) is 3.48. The largest absolute Gasteiger partial charge is 0.332 e. The number of hydrogen-bond donors (Lipinski definition) is 3. The fourth-order valence-corrected chi connectivity index (χ4v) is 2.23. The van der Waals surface area contributed by atoms with E-state index in [2.05, 4.69) is 16.0 Å². The van der Waals surface area contributed by atoms with E-state index < -0.39 is 10.8 Å². The highest BCUT2D eigenvalue weighted by Gasteiger charge is 2.13. The smallest absolute Gasteiger partial charge is 0.270 e. The summed E-state index contributed by atoms with van der Waals surface area (Å²) in [6, 6.07) is 12.1. The number of nitro groups is 1. The number of non-ortho nitro benzene ring substituents is 1. The lowest BCUT2D eigenvalue weighted by atomic mass is 10.2. The summed E-state index contributed by atoms with van der Waals surface area (Å²) in [6.07, 6.45) is 0. The van der Waals surface area contributed by atoms with E-state index in [0.717, 1.165) is 0 Å². The third kappa shape index (κ3) is 5.86. The van der Waals surface area contributed by atoms with Crippen LogP contribution in [0.4, 0.5) is 17.1 Å². The predicted octanol–water partition coefficient (Wildman–Crippen LogP) is 3.32. The topological polar surface area (TPSA) is 113 Å². The van der Waals surface area contributed by atoms with Gasteiger partial charge in [0.05, 0.1) is 4.92 Å². The highest BCUT2D eigenvalue weighted by Crippen LogP contribution is 2.15. The van der Waals surface area contributed by atoms with Crippen molar-refractivity contribution in [2.24, 2.45) is 5.92 Å². The van der Waals surface area contributed by atoms with Crippen molar-refractivity contribution < 1.29 is 14.5 Å². The Kier molecular flexibility index (Phi) is 6.56. The van der Waals surface area contributed by atoms with Crippen molar-refractivity contribution in [1.82, 2.24) is 5.32 Å². The zero-order chi connectivity index (χ0) is 20.0. The number of anilines is 2. The minimum Gasteiger partial charge on any atom is -0.332 e. The Morgan fingerprint density at radius 1 is 1.04 bits per heavy atom. The summed E-state index contributed by atoms with van der Waals surface area (Å²) in [5, 5.41) is 18.9. The Bertz CT molecular complexity index is 881. The van der Waals surface area contributed by atoms with Crippen LogP contribution in [-0.2, 0) is 4.79 Å². The summed E-state index contributed by atoms with van der Waals surface area (Å²) in [5.74, 6) is -0.771. The molecule has 0 aliphatic rings. The van der Waals surface area contributed by atoms with E-state index in [-0.39, 0.29) is 28.2 Å². The molecule has 0 atom stereocenters. The van der Waals surface area contributed by atoms with Crippen molar-refractivity contribution in [1.29, 1.82) is 0 Å². The lowest BCUT2D eigenvalue weighted by Gasteiger charge is -2.11. The summed E-state index contributed by atoms with van der Waals surface area (Å²) < 4.78 is 0. The van der Waals surface area contributed by atoms with Crippen LogP contribution in [0.3, 0.4) is 0 Å². The molecule has 0 unspecified atom stereocenters. The first kappa shape index (κ1) is 20.0. The lowest BCUT2D eigenvalue weighted by Crippen LogP contribution is -2.34. The van der Waals surface area contributed by atoms with Gasteiger partial charge in [0, 0.05) is 35.0 Å². The van der Waals surface area contributed by atoms with Gasteiger partial charge in [0.15, 0.2) is 5.11 Å². The molecular weight excluding hydrogens is 368 g/mol. The average Bonchev–Trinajstić information content (AvgIpc) is 2.63. The molecule has 2 amide bonds. The molecule has 0 saturated carbocycles. The van der Waals surface area contributed by atoms with Gasteiger partial charge in [-0.05, 0) is 42.5 Å². The van der Waals surface area contributed by atoms with E-state index in [4.69, 9.17) is 12.2 Å². The zero-order valence-corrected chi connectivity index (χ0v) is 15.5. The Morgan fingerprint density at radius 2 is 1.63 bits per heavy atom. The molecule has 2 rings (SSSR count). The van der Waals surface area contributed by atoms with Gasteiger partial charge in [0.1, 0.15) is 0 Å². The standard InChI is InChI=1S/C18H18N4O4S/c1-11(2)16(23)19-13-6-8-14(9-7-13)20-18(27)21-17(24)12-4-3-5-15(10-12)22(25)26/h3-11H,1-2H3,(H,19,23)(H2,20,21,24,27). The molecule has 3 N–H and O–H groups in total. The molecule has 0 radical (unpaired) electrons. The number of carbonyl (C=O) groups excluding carboxylic acids is 2. The van der Waals surface area contributed by atoms with Crippen LogP contribution < -0.4 is 16.0 Å². The minimum atomic E-state index is -0.576. The minimum absolute atomic E-state index is 0.0467. The predicted molar refractivity (Wildman–Crippen MR) is 107 cm³/mol. The molecule has 140 valence electrons. The SMILES string of the molecule is CC(C)C(=O)Nc1ccc(NC(=S)NC(=O)c2cccc([N+](=O)[O-])c2)cc1. The van der Waals surface area contributed by atoms with E-state index in [9.17, 15) is 19.7 Å². The number of thiocarbonyl (C=S) groups is 1. The van der Waals surface area contributed by atoms with E-state index in [1.165, 1.54) is 24.3 Å². The Hall–Kier alpha value is -3.33. The van der Waals surface area contributed by atoms with Gasteiger partial charge in [-0.1, -0.05) is 19.9 Å². The van der Waals surface area contributed by atoms with Crippen LogP contribution in [0.2, 0.25) is 0 Å². The van der Waals surface area contributed by atoms with Crippen LogP contribution in [0.15, 0.2) is 48.5 Å². The number of rotatable bonds is 5. The molecule has 0 aliphatic carbocycles. The quantitative estimate of drug-likeness (QED) is 0.413. The number of nitrogens with one attached hydrogen (secondary N) is 3. The van der Waals surface area contributed by atoms with Gasteiger partial charge in [-0.25, -0.2) is 0 Å². The number of hydrogen-bond acceptors (Lipinski definition) is 5. The highest BCUT2D eigenvalue weighted by molar-refractivity contribution is 7.80. The maximum atomic E-state index is 12.2. The van der Waals surface area contributed by atoms with Crippen LogP contribution in [0.5, 0.6) is 0 Å². The van der Waals surface area contributed by atoms with Gasteiger partial charge in [0.2, 0.25) is 5.91 Å². The third-order valence-corrected chi connectivity index (χ3v) is 3.69. The molecule has 0 spiro atoms. The molecule has 0 aliphatic heterocycles. The second-order valence-electron chi connectivity index (χ2n) is 5.94. The first-order valence-electron chi connectivity index (χ1n) is 8.04. The lowest BCUT2D eigenvalue weighted by molar-refractivity contribution is -0.384. The van der Waals surface area contributed by atoms with Crippen molar-refractivity contribution >= 4 is 46.2 Å². The summed E-state index contributed by atoms with van der Waals surface area (Å²) in [7, 11) is 0. The molecule has 0 fully saturated rings. The summed E-state index contributed by atoms with van der Waals surface area (Å²) >= 11 is 5.09. The molecular formula is C18H18N4O4S. The van der Waals surface area contributed by atoms with Gasteiger partial charge in [-0.15, -0.1) is 0 Å². The van der Waals surface area contributed by atoms with E-state index >= 15 is 0 Å². The molecule has 0 aromatic heterocycles. The van der Waals surface area contributed by atoms with Gasteiger partial charge in [-0.2, -0.15) is 0 Å². The Balaban J connectivity index is 1.95. The van der Waals surface area contributed by atoms with Crippen molar-refractivity contribution in [2.45, 2.75) is 13.8 Å². The van der Waals surface area contributed by atoms with Crippen LogP contribution >= 0.6 is 12.2 Å². The van der Waals surface area contributed by atoms with Crippen molar-refractivity contribution in [2.75, 3.05) is 10.6 Å². The molecule has 8 nitrogen and oxygen atoms in total. The maximum absolute atomic E-state index is 12.2. The van der Waals surface area contributed by atoms with Crippen LogP contribution in [0, 0.1) is 16.0 Å².